The minimum atomic E-state index is -0.387. The second kappa shape index (κ2) is 5.31. The van der Waals surface area contributed by atoms with Crippen molar-refractivity contribution in [1.82, 2.24) is 5.32 Å². The Bertz CT molecular complexity index is 454. The number of amides is 1. The molecule has 1 aromatic carbocycles. The van der Waals surface area contributed by atoms with Gasteiger partial charge in [-0.05, 0) is 24.1 Å². The Morgan fingerprint density at radius 1 is 1.42 bits per heavy atom. The lowest BCUT2D eigenvalue weighted by Crippen LogP contribution is -2.60. The largest absolute Gasteiger partial charge is 0.381 e. The Hall–Kier alpha value is -1.39. The Labute approximate surface area is 114 Å². The molecule has 0 saturated heterocycles. The Balaban J connectivity index is 1.88. The van der Waals surface area contributed by atoms with Crippen LogP contribution in [-0.2, 0) is 11.3 Å². The number of methoxy groups -OCH3 is 1. The van der Waals surface area contributed by atoms with Gasteiger partial charge in [0.05, 0.1) is 6.10 Å². The van der Waals surface area contributed by atoms with Gasteiger partial charge in [0.15, 0.2) is 0 Å². The summed E-state index contributed by atoms with van der Waals surface area (Å²) in [5.74, 6) is -0.387. The molecule has 1 aromatic rings. The first kappa shape index (κ1) is 14.0. The van der Waals surface area contributed by atoms with Crippen molar-refractivity contribution in [3.05, 3.63) is 35.4 Å². The van der Waals surface area contributed by atoms with E-state index in [-0.39, 0.29) is 11.3 Å². The van der Waals surface area contributed by atoms with Gasteiger partial charge in [-0.2, -0.15) is 0 Å². The zero-order valence-electron chi connectivity index (χ0n) is 11.8. The maximum absolute atomic E-state index is 11.0. The van der Waals surface area contributed by atoms with Crippen molar-refractivity contribution in [2.24, 2.45) is 11.1 Å². The number of hydrogen-bond donors (Lipinski definition) is 2. The average Bonchev–Trinajstić information content (AvgIpc) is 2.38. The Kier molecular flexibility index (Phi) is 3.92. The lowest BCUT2D eigenvalue weighted by molar-refractivity contribution is -0.0979. The highest BCUT2D eigenvalue weighted by molar-refractivity contribution is 5.92. The van der Waals surface area contributed by atoms with E-state index in [4.69, 9.17) is 10.5 Å². The van der Waals surface area contributed by atoms with Crippen LogP contribution in [0.1, 0.15) is 36.2 Å². The summed E-state index contributed by atoms with van der Waals surface area (Å²) in [5.41, 5.74) is 7.09. The van der Waals surface area contributed by atoms with E-state index in [0.29, 0.717) is 17.7 Å². The van der Waals surface area contributed by atoms with Crippen LogP contribution >= 0.6 is 0 Å². The van der Waals surface area contributed by atoms with Crippen LogP contribution in [-0.4, -0.2) is 25.2 Å². The molecule has 0 aliphatic heterocycles. The summed E-state index contributed by atoms with van der Waals surface area (Å²) >= 11 is 0. The molecule has 0 heterocycles. The molecule has 4 heteroatoms. The summed E-state index contributed by atoms with van der Waals surface area (Å²) in [7, 11) is 1.77. The second-order valence-corrected chi connectivity index (χ2v) is 5.78. The molecule has 3 N–H and O–H groups in total. The Morgan fingerprint density at radius 3 is 2.53 bits per heavy atom. The summed E-state index contributed by atoms with van der Waals surface area (Å²) in [6.45, 7) is 5.24. The highest BCUT2D eigenvalue weighted by Crippen LogP contribution is 2.42. The molecule has 19 heavy (non-hydrogen) atoms. The van der Waals surface area contributed by atoms with E-state index in [1.807, 2.05) is 12.1 Å². The molecule has 1 fully saturated rings. The molecule has 4 nitrogen and oxygen atoms in total. The zero-order valence-corrected chi connectivity index (χ0v) is 11.8. The fourth-order valence-corrected chi connectivity index (χ4v) is 2.66. The van der Waals surface area contributed by atoms with E-state index in [1.54, 1.807) is 19.2 Å². The number of primary amides is 1. The number of nitrogens with two attached hydrogens (primary N) is 1. The summed E-state index contributed by atoms with van der Waals surface area (Å²) in [6.07, 6.45) is 1.38. The summed E-state index contributed by atoms with van der Waals surface area (Å²) < 4.78 is 5.43. The zero-order chi connectivity index (χ0) is 14.0. The van der Waals surface area contributed by atoms with Gasteiger partial charge in [-0.25, -0.2) is 0 Å². The molecular formula is C15H22N2O2. The van der Waals surface area contributed by atoms with E-state index in [0.717, 1.165) is 18.5 Å². The van der Waals surface area contributed by atoms with E-state index in [9.17, 15) is 4.79 Å². The number of nitrogens with one attached hydrogen (secondary N) is 1. The third kappa shape index (κ3) is 2.80. The summed E-state index contributed by atoms with van der Waals surface area (Å²) in [6, 6.07) is 7.87. The third-order valence-electron chi connectivity index (χ3n) is 4.25. The average molecular weight is 262 g/mol. The van der Waals surface area contributed by atoms with Crippen LogP contribution in [0.4, 0.5) is 0 Å². The molecule has 1 aliphatic carbocycles. The maximum atomic E-state index is 11.0. The minimum Gasteiger partial charge on any atom is -0.381 e. The lowest BCUT2D eigenvalue weighted by atomic mass is 9.64. The van der Waals surface area contributed by atoms with Gasteiger partial charge in [0, 0.05) is 30.7 Å². The number of hydrogen-bond acceptors (Lipinski definition) is 3. The molecule has 0 bridgehead atoms. The molecular weight excluding hydrogens is 240 g/mol. The van der Waals surface area contributed by atoms with Crippen molar-refractivity contribution >= 4 is 5.91 Å². The first-order valence-corrected chi connectivity index (χ1v) is 6.60. The van der Waals surface area contributed by atoms with Crippen LogP contribution in [0, 0.1) is 5.41 Å². The smallest absolute Gasteiger partial charge is 0.248 e. The molecule has 1 saturated carbocycles. The van der Waals surface area contributed by atoms with Gasteiger partial charge in [0.1, 0.15) is 0 Å². The standard InChI is InChI=1S/C15H22N2O2/c1-15(2)12(8-13(15)19-3)17-9-10-4-6-11(7-5-10)14(16)18/h4-7,12-13,17H,8-9H2,1-3H3,(H2,16,18). The third-order valence-corrected chi connectivity index (χ3v) is 4.25. The molecule has 2 rings (SSSR count). The minimum absolute atomic E-state index is 0.169. The SMILES string of the molecule is COC1CC(NCc2ccc(C(N)=O)cc2)C1(C)C. The van der Waals surface area contributed by atoms with Crippen LogP contribution < -0.4 is 11.1 Å². The van der Waals surface area contributed by atoms with Gasteiger partial charge < -0.3 is 15.8 Å². The van der Waals surface area contributed by atoms with Crippen molar-refractivity contribution in [3.8, 4) is 0 Å². The number of carbonyl (C=O) groups excluding carboxylic acids is 1. The van der Waals surface area contributed by atoms with E-state index in [1.165, 1.54) is 0 Å². The highest BCUT2D eigenvalue weighted by Gasteiger charge is 2.48. The van der Waals surface area contributed by atoms with Crippen molar-refractivity contribution in [3.63, 3.8) is 0 Å². The maximum Gasteiger partial charge on any atom is 0.248 e. The van der Waals surface area contributed by atoms with Crippen molar-refractivity contribution < 1.29 is 9.53 Å². The number of carbonyl (C=O) groups is 1. The topological polar surface area (TPSA) is 64.3 Å². The van der Waals surface area contributed by atoms with Crippen LogP contribution in [0.2, 0.25) is 0 Å². The molecule has 0 aromatic heterocycles. The van der Waals surface area contributed by atoms with Gasteiger partial charge in [-0.3, -0.25) is 4.79 Å². The second-order valence-electron chi connectivity index (χ2n) is 5.78. The van der Waals surface area contributed by atoms with E-state index < -0.39 is 0 Å². The number of rotatable bonds is 5. The monoisotopic (exact) mass is 262 g/mol. The van der Waals surface area contributed by atoms with Crippen LogP contribution in [0.3, 0.4) is 0 Å². The van der Waals surface area contributed by atoms with Gasteiger partial charge >= 0.3 is 0 Å². The van der Waals surface area contributed by atoms with Gasteiger partial charge in [-0.1, -0.05) is 26.0 Å². The molecule has 1 aliphatic rings. The predicted molar refractivity (Wildman–Crippen MR) is 74.8 cm³/mol. The van der Waals surface area contributed by atoms with Crippen LogP contribution in [0.5, 0.6) is 0 Å². The molecule has 1 amide bonds. The number of ether oxygens (including phenoxy) is 1. The van der Waals surface area contributed by atoms with Crippen LogP contribution in [0.15, 0.2) is 24.3 Å². The van der Waals surface area contributed by atoms with Gasteiger partial charge in [0.25, 0.3) is 0 Å². The van der Waals surface area contributed by atoms with Crippen molar-refractivity contribution in [1.29, 1.82) is 0 Å². The Morgan fingerprint density at radius 2 is 2.05 bits per heavy atom. The normalized spacial score (nSPS) is 24.8. The molecule has 0 spiro atoms. The molecule has 0 radical (unpaired) electrons. The quantitative estimate of drug-likeness (QED) is 0.848. The highest BCUT2D eigenvalue weighted by atomic mass is 16.5. The molecule has 2 atom stereocenters. The van der Waals surface area contributed by atoms with E-state index in [2.05, 4.69) is 19.2 Å². The van der Waals surface area contributed by atoms with E-state index >= 15 is 0 Å². The first-order valence-electron chi connectivity index (χ1n) is 6.60. The lowest BCUT2D eigenvalue weighted by Gasteiger charge is -2.51. The molecule has 104 valence electrons. The van der Waals surface area contributed by atoms with Crippen molar-refractivity contribution in [2.75, 3.05) is 7.11 Å². The fourth-order valence-electron chi connectivity index (χ4n) is 2.66. The summed E-state index contributed by atoms with van der Waals surface area (Å²) in [4.78, 5) is 11.0. The van der Waals surface area contributed by atoms with Crippen molar-refractivity contribution in [2.45, 2.75) is 39.0 Å². The van der Waals surface area contributed by atoms with Gasteiger partial charge in [-0.15, -0.1) is 0 Å². The van der Waals surface area contributed by atoms with Gasteiger partial charge in [0.2, 0.25) is 5.91 Å². The first-order chi connectivity index (χ1) is 8.95. The summed E-state index contributed by atoms with van der Waals surface area (Å²) in [5, 5.41) is 3.54. The predicted octanol–water partition coefficient (Wildman–Crippen LogP) is 1.69. The molecule has 2 unspecified atom stereocenters. The number of benzene rings is 1. The fraction of sp³-hybridized carbons (Fsp3) is 0.533. The van der Waals surface area contributed by atoms with Crippen LogP contribution in [0.25, 0.3) is 0 Å².